The van der Waals surface area contributed by atoms with Gasteiger partial charge in [-0.25, -0.2) is 9.59 Å². The molecule has 1 aliphatic heterocycles. The van der Waals surface area contributed by atoms with Gasteiger partial charge in [-0.1, -0.05) is 22.0 Å². The number of esters is 1. The number of nitrogens with zero attached hydrogens (tertiary/aromatic N) is 1. The number of nitrogens with one attached hydrogen (secondary N) is 3. The van der Waals surface area contributed by atoms with E-state index in [4.69, 9.17) is 18.9 Å². The molecular formula is C25H29BrN4O7. The number of amides is 2. The lowest BCUT2D eigenvalue weighted by Gasteiger charge is -2.28. The molecule has 37 heavy (non-hydrogen) atoms. The van der Waals surface area contributed by atoms with Crippen molar-refractivity contribution in [3.8, 4) is 17.2 Å². The molecular weight excluding hydrogens is 548 g/mol. The van der Waals surface area contributed by atoms with Crippen molar-refractivity contribution in [3.05, 3.63) is 63.3 Å². The lowest BCUT2D eigenvalue weighted by molar-refractivity contribution is -0.136. The summed E-state index contributed by atoms with van der Waals surface area (Å²) in [7, 11) is 2.84. The van der Waals surface area contributed by atoms with Gasteiger partial charge in [0.05, 0.1) is 38.7 Å². The Morgan fingerprint density at radius 3 is 2.65 bits per heavy atom. The third kappa shape index (κ3) is 7.14. The molecule has 2 amide bonds. The Kier molecular flexibility index (Phi) is 9.75. The average molecular weight is 577 g/mol. The minimum absolute atomic E-state index is 0.136. The molecule has 0 unspecified atom stereocenters. The van der Waals surface area contributed by atoms with Crippen LogP contribution in [0.15, 0.2) is 57.2 Å². The number of rotatable bonds is 11. The van der Waals surface area contributed by atoms with E-state index in [1.54, 1.807) is 38.3 Å². The zero-order chi connectivity index (χ0) is 26.9. The molecule has 0 radical (unpaired) electrons. The number of carbonyl (C=O) groups excluding carboxylic acids is 2. The fourth-order valence-corrected chi connectivity index (χ4v) is 4.00. The molecule has 0 saturated carbocycles. The molecule has 0 aliphatic carbocycles. The summed E-state index contributed by atoms with van der Waals surface area (Å²) >= 11 is 3.40. The number of hydrazone groups is 1. The summed E-state index contributed by atoms with van der Waals surface area (Å²) in [5.74, 6) is 0.809. The van der Waals surface area contributed by atoms with Crippen LogP contribution in [0.5, 0.6) is 17.2 Å². The number of aliphatic hydroxyl groups excluding tert-OH is 1. The number of allylic oxidation sites excluding steroid dienone is 1. The zero-order valence-corrected chi connectivity index (χ0v) is 22.4. The van der Waals surface area contributed by atoms with Crippen LogP contribution >= 0.6 is 15.9 Å². The molecule has 0 bridgehead atoms. The van der Waals surface area contributed by atoms with Gasteiger partial charge in [0.15, 0.2) is 17.7 Å². The highest BCUT2D eigenvalue weighted by Gasteiger charge is 2.32. The predicted octanol–water partition coefficient (Wildman–Crippen LogP) is 2.98. The summed E-state index contributed by atoms with van der Waals surface area (Å²) in [5, 5.41) is 19.7. The largest absolute Gasteiger partial charge is 0.496 e. The molecule has 4 N–H and O–H groups in total. The molecule has 0 fully saturated rings. The maximum atomic E-state index is 12.4. The molecule has 2 atom stereocenters. The number of hydrogen-bond donors (Lipinski definition) is 4. The van der Waals surface area contributed by atoms with Crippen LogP contribution < -0.4 is 30.3 Å². The minimum atomic E-state index is -1.12. The monoisotopic (exact) mass is 576 g/mol. The van der Waals surface area contributed by atoms with Crippen molar-refractivity contribution < 1.29 is 33.6 Å². The van der Waals surface area contributed by atoms with Crippen LogP contribution in [0.4, 0.5) is 4.79 Å². The normalized spacial score (nSPS) is 16.1. The number of benzene rings is 2. The number of aliphatic hydroxyl groups is 1. The molecule has 0 spiro atoms. The van der Waals surface area contributed by atoms with Crippen molar-refractivity contribution in [2.75, 3.05) is 27.4 Å². The second-order valence-electron chi connectivity index (χ2n) is 7.80. The average Bonchev–Trinajstić information content (AvgIpc) is 2.87. The van der Waals surface area contributed by atoms with Crippen molar-refractivity contribution in [1.29, 1.82) is 0 Å². The van der Waals surface area contributed by atoms with Gasteiger partial charge in [-0.15, -0.1) is 0 Å². The Morgan fingerprint density at radius 2 is 1.95 bits per heavy atom. The third-order valence-electron chi connectivity index (χ3n) is 5.29. The van der Waals surface area contributed by atoms with Gasteiger partial charge in [0, 0.05) is 15.7 Å². The van der Waals surface area contributed by atoms with E-state index in [1.165, 1.54) is 13.3 Å². The fourth-order valence-electron chi connectivity index (χ4n) is 3.62. The standard InChI is InChI=1S/C25H29BrN4O7/c1-5-36-20-11-15(23-22(24(32)35-4)14(2)28-25(33)29-23)6-8-19(20)37-13-21(31)30-27-12-16-10-17(26)7-9-18(16)34-3/h6-12,21,23,30-31H,5,13H2,1-4H3,(H2,28,29,33)/b27-12+/t21-,23-/m1/s1. The van der Waals surface area contributed by atoms with E-state index >= 15 is 0 Å². The van der Waals surface area contributed by atoms with Crippen molar-refractivity contribution >= 4 is 34.1 Å². The first-order valence-corrected chi connectivity index (χ1v) is 12.1. The number of ether oxygens (including phenoxy) is 4. The predicted molar refractivity (Wildman–Crippen MR) is 140 cm³/mol. The van der Waals surface area contributed by atoms with Crippen molar-refractivity contribution in [2.45, 2.75) is 26.1 Å². The number of halogens is 1. The van der Waals surface area contributed by atoms with Crippen LogP contribution in [0.1, 0.15) is 31.0 Å². The van der Waals surface area contributed by atoms with Gasteiger partial charge in [-0.3, -0.25) is 5.43 Å². The topological polar surface area (TPSA) is 140 Å². The first kappa shape index (κ1) is 27.8. The lowest BCUT2D eigenvalue weighted by Crippen LogP contribution is -2.45. The van der Waals surface area contributed by atoms with Crippen molar-refractivity contribution in [3.63, 3.8) is 0 Å². The minimum Gasteiger partial charge on any atom is -0.496 e. The van der Waals surface area contributed by atoms with Gasteiger partial charge in [0.25, 0.3) is 0 Å². The first-order chi connectivity index (χ1) is 17.8. The Labute approximate surface area is 222 Å². The van der Waals surface area contributed by atoms with Gasteiger partial charge in [-0.05, 0) is 49.7 Å². The summed E-state index contributed by atoms with van der Waals surface area (Å²) in [6, 6.07) is 9.29. The number of methoxy groups -OCH3 is 2. The summed E-state index contributed by atoms with van der Waals surface area (Å²) in [6.07, 6.45) is 0.401. The van der Waals surface area contributed by atoms with Gasteiger partial charge in [0.1, 0.15) is 12.4 Å². The Hall–Kier alpha value is -3.77. The van der Waals surface area contributed by atoms with E-state index in [2.05, 4.69) is 37.1 Å². The molecule has 11 nitrogen and oxygen atoms in total. The Balaban J connectivity index is 1.72. The molecule has 0 saturated heterocycles. The van der Waals surface area contributed by atoms with Crippen LogP contribution in [0.2, 0.25) is 0 Å². The summed E-state index contributed by atoms with van der Waals surface area (Å²) in [5.41, 5.74) is 4.58. The number of hydrogen-bond acceptors (Lipinski definition) is 9. The maximum Gasteiger partial charge on any atom is 0.337 e. The Bertz CT molecular complexity index is 1200. The van der Waals surface area contributed by atoms with Crippen molar-refractivity contribution in [1.82, 2.24) is 16.1 Å². The van der Waals surface area contributed by atoms with E-state index in [1.807, 2.05) is 19.1 Å². The smallest absolute Gasteiger partial charge is 0.337 e. The molecule has 1 heterocycles. The summed E-state index contributed by atoms with van der Waals surface area (Å²) in [6.45, 7) is 3.65. The van der Waals surface area contributed by atoms with Gasteiger partial charge in [-0.2, -0.15) is 5.10 Å². The highest BCUT2D eigenvalue weighted by atomic mass is 79.9. The molecule has 12 heteroatoms. The summed E-state index contributed by atoms with van der Waals surface area (Å²) < 4.78 is 22.5. The lowest BCUT2D eigenvalue weighted by atomic mass is 9.95. The molecule has 1 aliphatic rings. The third-order valence-corrected chi connectivity index (χ3v) is 5.78. The maximum absolute atomic E-state index is 12.4. The van der Waals surface area contributed by atoms with Crippen LogP contribution in [-0.2, 0) is 9.53 Å². The second kappa shape index (κ2) is 13.0. The van der Waals surface area contributed by atoms with Gasteiger partial charge < -0.3 is 34.7 Å². The van der Waals surface area contributed by atoms with Gasteiger partial charge >= 0.3 is 12.0 Å². The van der Waals surface area contributed by atoms with E-state index in [9.17, 15) is 14.7 Å². The molecule has 2 aromatic carbocycles. The highest BCUT2D eigenvalue weighted by Crippen LogP contribution is 2.35. The SMILES string of the molecule is CCOc1cc([C@H]2NC(=O)NC(C)=C2C(=O)OC)ccc1OC[C@@H](O)N/N=C/c1cc(Br)ccc1OC. The van der Waals surface area contributed by atoms with E-state index in [-0.39, 0.29) is 12.2 Å². The van der Waals surface area contributed by atoms with Crippen LogP contribution in [0, 0.1) is 0 Å². The highest BCUT2D eigenvalue weighted by molar-refractivity contribution is 9.10. The Morgan fingerprint density at radius 1 is 1.19 bits per heavy atom. The van der Waals surface area contributed by atoms with E-state index in [0.717, 1.165) is 4.47 Å². The molecule has 198 valence electrons. The van der Waals surface area contributed by atoms with Crippen LogP contribution in [0.3, 0.4) is 0 Å². The second-order valence-corrected chi connectivity index (χ2v) is 8.72. The quantitative estimate of drug-likeness (QED) is 0.138. The van der Waals surface area contributed by atoms with Crippen LogP contribution in [-0.4, -0.2) is 57.0 Å². The zero-order valence-electron chi connectivity index (χ0n) is 20.8. The van der Waals surface area contributed by atoms with Crippen LogP contribution in [0.25, 0.3) is 0 Å². The van der Waals surface area contributed by atoms with E-state index < -0.39 is 24.3 Å². The van der Waals surface area contributed by atoms with Crippen molar-refractivity contribution in [2.24, 2.45) is 5.10 Å². The molecule has 2 aromatic rings. The van der Waals surface area contributed by atoms with Gasteiger partial charge in [0.2, 0.25) is 0 Å². The molecule has 0 aromatic heterocycles. The number of urea groups is 1. The molecule has 3 rings (SSSR count). The fraction of sp³-hybridized carbons (Fsp3) is 0.320. The summed E-state index contributed by atoms with van der Waals surface area (Å²) in [4.78, 5) is 24.4. The first-order valence-electron chi connectivity index (χ1n) is 11.3. The van der Waals surface area contributed by atoms with E-state index in [0.29, 0.717) is 40.7 Å². The number of carbonyl (C=O) groups is 2.